The van der Waals surface area contributed by atoms with E-state index in [1.54, 1.807) is 0 Å². The molecule has 0 unspecified atom stereocenters. The minimum atomic E-state index is -3.31. The Balaban J connectivity index is 2.38. The second-order valence-electron chi connectivity index (χ2n) is 4.77. The summed E-state index contributed by atoms with van der Waals surface area (Å²) in [6.45, 7) is 0. The first-order valence-electron chi connectivity index (χ1n) is 5.89. The zero-order valence-corrected chi connectivity index (χ0v) is 9.56. The van der Waals surface area contributed by atoms with Crippen LogP contribution in [0.4, 0.5) is 13.2 Å². The predicted molar refractivity (Wildman–Crippen MR) is 60.3 cm³/mol. The monoisotopic (exact) mass is 243 g/mol. The first-order valence-corrected chi connectivity index (χ1v) is 5.89. The van der Waals surface area contributed by atoms with Gasteiger partial charge in [0.1, 0.15) is 5.82 Å². The Labute approximate surface area is 98.8 Å². The zero-order chi connectivity index (χ0) is 12.5. The quantitative estimate of drug-likeness (QED) is 0.844. The van der Waals surface area contributed by atoms with E-state index in [0.717, 1.165) is 18.6 Å². The van der Waals surface area contributed by atoms with Crippen LogP contribution in [0.3, 0.4) is 0 Å². The van der Waals surface area contributed by atoms with E-state index >= 15 is 0 Å². The maximum absolute atomic E-state index is 14.3. The number of nitrogens with two attached hydrogens (primary N) is 1. The fraction of sp³-hybridized carbons (Fsp3) is 0.538. The Morgan fingerprint density at radius 1 is 1.06 bits per heavy atom. The van der Waals surface area contributed by atoms with Gasteiger partial charge in [-0.05, 0) is 18.9 Å². The highest BCUT2D eigenvalue weighted by molar-refractivity contribution is 5.26. The smallest absolute Gasteiger partial charge is 0.293 e. The maximum Gasteiger partial charge on any atom is 0.293 e. The van der Waals surface area contributed by atoms with Gasteiger partial charge in [0.15, 0.2) is 0 Å². The van der Waals surface area contributed by atoms with Crippen molar-refractivity contribution in [1.29, 1.82) is 0 Å². The molecular weight excluding hydrogens is 227 g/mol. The van der Waals surface area contributed by atoms with Crippen molar-refractivity contribution in [1.82, 2.24) is 0 Å². The molecule has 1 aromatic rings. The van der Waals surface area contributed by atoms with Crippen LogP contribution in [-0.4, -0.2) is 5.54 Å². The summed E-state index contributed by atoms with van der Waals surface area (Å²) in [6.07, 6.45) is 2.77. The third-order valence-corrected chi connectivity index (χ3v) is 3.58. The maximum atomic E-state index is 14.3. The molecule has 0 aliphatic heterocycles. The van der Waals surface area contributed by atoms with Crippen molar-refractivity contribution in [3.8, 4) is 0 Å². The van der Waals surface area contributed by atoms with Crippen LogP contribution >= 0.6 is 0 Å². The molecule has 0 spiro atoms. The SMILES string of the molecule is NC1(C(F)(F)c2ccccc2F)CCCCC1. The number of hydrogen-bond donors (Lipinski definition) is 1. The second kappa shape index (κ2) is 4.33. The molecule has 1 nitrogen and oxygen atoms in total. The van der Waals surface area contributed by atoms with E-state index in [9.17, 15) is 13.2 Å². The van der Waals surface area contributed by atoms with Gasteiger partial charge in [-0.2, -0.15) is 8.78 Å². The zero-order valence-electron chi connectivity index (χ0n) is 9.56. The molecule has 1 fully saturated rings. The molecule has 1 aromatic carbocycles. The van der Waals surface area contributed by atoms with Crippen LogP contribution < -0.4 is 5.73 Å². The van der Waals surface area contributed by atoms with Gasteiger partial charge >= 0.3 is 0 Å². The first-order chi connectivity index (χ1) is 7.97. The van der Waals surface area contributed by atoms with Gasteiger partial charge in [-0.25, -0.2) is 4.39 Å². The molecule has 0 bridgehead atoms. The molecule has 2 rings (SSSR count). The van der Waals surface area contributed by atoms with Crippen molar-refractivity contribution in [3.63, 3.8) is 0 Å². The third kappa shape index (κ3) is 2.06. The molecule has 17 heavy (non-hydrogen) atoms. The van der Waals surface area contributed by atoms with Crippen LogP contribution in [0.2, 0.25) is 0 Å². The standard InChI is InChI=1S/C13H16F3N/c14-11-7-3-2-6-10(11)13(15,16)12(17)8-4-1-5-9-12/h2-3,6-7H,1,4-5,8-9,17H2. The molecule has 0 aromatic heterocycles. The molecular formula is C13H16F3N. The van der Waals surface area contributed by atoms with E-state index < -0.39 is 22.8 Å². The van der Waals surface area contributed by atoms with Crippen molar-refractivity contribution in [2.75, 3.05) is 0 Å². The summed E-state index contributed by atoms with van der Waals surface area (Å²) in [5.41, 5.74) is 3.64. The summed E-state index contributed by atoms with van der Waals surface area (Å²) < 4.78 is 42.1. The van der Waals surface area contributed by atoms with E-state index in [1.165, 1.54) is 12.1 Å². The number of alkyl halides is 2. The lowest BCUT2D eigenvalue weighted by Gasteiger charge is -2.40. The Kier molecular flexibility index (Phi) is 3.17. The molecule has 0 heterocycles. The molecule has 0 radical (unpaired) electrons. The molecule has 1 aliphatic carbocycles. The molecule has 0 atom stereocenters. The lowest BCUT2D eigenvalue weighted by Crippen LogP contribution is -2.55. The van der Waals surface area contributed by atoms with Crippen LogP contribution in [-0.2, 0) is 5.92 Å². The van der Waals surface area contributed by atoms with Crippen LogP contribution in [0.5, 0.6) is 0 Å². The van der Waals surface area contributed by atoms with Gasteiger partial charge in [0.05, 0.1) is 11.1 Å². The lowest BCUT2D eigenvalue weighted by molar-refractivity contribution is -0.0978. The molecule has 94 valence electrons. The van der Waals surface area contributed by atoms with Crippen molar-refractivity contribution in [3.05, 3.63) is 35.6 Å². The normalized spacial score (nSPS) is 20.2. The minimum absolute atomic E-state index is 0.244. The summed E-state index contributed by atoms with van der Waals surface area (Å²) in [7, 11) is 0. The number of benzene rings is 1. The number of rotatable bonds is 2. The van der Waals surface area contributed by atoms with Gasteiger partial charge in [-0.1, -0.05) is 37.5 Å². The molecule has 1 aliphatic rings. The Morgan fingerprint density at radius 2 is 1.65 bits per heavy atom. The van der Waals surface area contributed by atoms with Crippen molar-refractivity contribution in [2.45, 2.75) is 43.6 Å². The number of halogens is 3. The summed E-state index contributed by atoms with van der Waals surface area (Å²) in [5, 5.41) is 0. The van der Waals surface area contributed by atoms with E-state index in [4.69, 9.17) is 5.73 Å². The van der Waals surface area contributed by atoms with Crippen LogP contribution in [0, 0.1) is 5.82 Å². The van der Waals surface area contributed by atoms with Crippen LogP contribution in [0.25, 0.3) is 0 Å². The Bertz CT molecular complexity index is 397. The van der Waals surface area contributed by atoms with Gasteiger partial charge in [0.2, 0.25) is 0 Å². The summed E-state index contributed by atoms with van der Waals surface area (Å²) >= 11 is 0. The average Bonchev–Trinajstić information content (AvgIpc) is 2.30. The topological polar surface area (TPSA) is 26.0 Å². The van der Waals surface area contributed by atoms with Gasteiger partial charge in [0, 0.05) is 0 Å². The predicted octanol–water partition coefficient (Wildman–Crippen LogP) is 3.58. The minimum Gasteiger partial charge on any atom is -0.320 e. The van der Waals surface area contributed by atoms with Crippen molar-refractivity contribution >= 4 is 0 Å². The highest BCUT2D eigenvalue weighted by Gasteiger charge is 2.53. The lowest BCUT2D eigenvalue weighted by atomic mass is 9.75. The first kappa shape index (κ1) is 12.4. The van der Waals surface area contributed by atoms with E-state index in [-0.39, 0.29) is 12.8 Å². The Hall–Kier alpha value is -1.03. The summed E-state index contributed by atoms with van der Waals surface area (Å²) in [5.74, 6) is -4.19. The van der Waals surface area contributed by atoms with Crippen molar-refractivity contribution in [2.24, 2.45) is 5.73 Å². The molecule has 0 amide bonds. The highest BCUT2D eigenvalue weighted by Crippen LogP contribution is 2.45. The molecule has 4 heteroatoms. The van der Waals surface area contributed by atoms with Crippen LogP contribution in [0.1, 0.15) is 37.7 Å². The summed E-state index contributed by atoms with van der Waals surface area (Å²) in [4.78, 5) is 0. The van der Waals surface area contributed by atoms with E-state index in [1.807, 2.05) is 0 Å². The van der Waals surface area contributed by atoms with Crippen LogP contribution in [0.15, 0.2) is 24.3 Å². The van der Waals surface area contributed by atoms with Gasteiger partial charge in [0.25, 0.3) is 5.92 Å². The summed E-state index contributed by atoms with van der Waals surface area (Å²) in [6, 6.07) is 4.99. The van der Waals surface area contributed by atoms with Gasteiger partial charge < -0.3 is 5.73 Å². The van der Waals surface area contributed by atoms with Crippen molar-refractivity contribution < 1.29 is 13.2 Å². The van der Waals surface area contributed by atoms with Gasteiger partial charge in [-0.15, -0.1) is 0 Å². The molecule has 2 N–H and O–H groups in total. The molecule has 1 saturated carbocycles. The Morgan fingerprint density at radius 3 is 2.24 bits per heavy atom. The largest absolute Gasteiger partial charge is 0.320 e. The fourth-order valence-corrected chi connectivity index (χ4v) is 2.48. The second-order valence-corrected chi connectivity index (χ2v) is 4.77. The van der Waals surface area contributed by atoms with Gasteiger partial charge in [-0.3, -0.25) is 0 Å². The average molecular weight is 243 g/mol. The fourth-order valence-electron chi connectivity index (χ4n) is 2.48. The van der Waals surface area contributed by atoms with E-state index in [0.29, 0.717) is 12.8 Å². The molecule has 0 saturated heterocycles. The highest BCUT2D eigenvalue weighted by atomic mass is 19.3. The number of hydrogen-bond acceptors (Lipinski definition) is 1. The van der Waals surface area contributed by atoms with E-state index in [2.05, 4.69) is 0 Å². The third-order valence-electron chi connectivity index (χ3n) is 3.58.